The number of hydrogen-bond acceptors (Lipinski definition) is 4. The number of hydrogen-bond donors (Lipinski definition) is 1. The van der Waals surface area contributed by atoms with Gasteiger partial charge in [0.2, 0.25) is 0 Å². The lowest BCUT2D eigenvalue weighted by atomic mass is 10.3. The van der Waals surface area contributed by atoms with Crippen molar-refractivity contribution in [3.8, 4) is 5.75 Å². The van der Waals surface area contributed by atoms with Gasteiger partial charge in [-0.2, -0.15) is 0 Å². The van der Waals surface area contributed by atoms with Gasteiger partial charge in [-0.15, -0.1) is 11.3 Å². The van der Waals surface area contributed by atoms with Crippen molar-refractivity contribution in [1.82, 2.24) is 10.3 Å². The van der Waals surface area contributed by atoms with Crippen molar-refractivity contribution in [3.63, 3.8) is 0 Å². The van der Waals surface area contributed by atoms with E-state index < -0.39 is 6.10 Å². The topological polar surface area (TPSA) is 51.2 Å². The quantitative estimate of drug-likeness (QED) is 0.786. The number of ether oxygens (including phenoxy) is 1. The molecular weight excluding hydrogens is 296 g/mol. The number of para-hydroxylation sites is 2. The molecule has 1 heterocycles. The average Bonchev–Trinajstić information content (AvgIpc) is 2.96. The number of carbonyl (C=O) groups is 1. The number of fused-ring (bicyclic) bond motifs is 1. The lowest BCUT2D eigenvalue weighted by Gasteiger charge is -2.14. The fourth-order valence-corrected chi connectivity index (χ4v) is 2.97. The van der Waals surface area contributed by atoms with Crippen LogP contribution in [0.5, 0.6) is 5.75 Å². The Kier molecular flexibility index (Phi) is 4.34. The molecule has 0 aliphatic carbocycles. The van der Waals surface area contributed by atoms with Gasteiger partial charge in [-0.05, 0) is 31.2 Å². The minimum Gasteiger partial charge on any atom is -0.481 e. The second-order valence-electron chi connectivity index (χ2n) is 4.87. The van der Waals surface area contributed by atoms with Gasteiger partial charge < -0.3 is 10.1 Å². The van der Waals surface area contributed by atoms with Crippen molar-refractivity contribution in [1.29, 1.82) is 0 Å². The number of carbonyl (C=O) groups excluding carboxylic acids is 1. The highest BCUT2D eigenvalue weighted by Crippen LogP contribution is 2.21. The maximum absolute atomic E-state index is 12.1. The number of benzene rings is 2. The first kappa shape index (κ1) is 14.5. The predicted octanol–water partition coefficient (Wildman–Crippen LogP) is 3.38. The van der Waals surface area contributed by atoms with Crippen LogP contribution in [0, 0.1) is 0 Å². The molecule has 0 aliphatic rings. The van der Waals surface area contributed by atoms with Gasteiger partial charge in [0.25, 0.3) is 5.91 Å². The molecule has 3 rings (SSSR count). The summed E-state index contributed by atoms with van der Waals surface area (Å²) in [5.74, 6) is 0.535. The highest BCUT2D eigenvalue weighted by atomic mass is 32.1. The highest BCUT2D eigenvalue weighted by Gasteiger charge is 2.15. The van der Waals surface area contributed by atoms with Crippen LogP contribution >= 0.6 is 11.3 Å². The molecule has 2 aromatic carbocycles. The first-order valence-corrected chi connectivity index (χ1v) is 7.88. The third-order valence-corrected chi connectivity index (χ3v) is 4.21. The summed E-state index contributed by atoms with van der Waals surface area (Å²) in [5, 5.41) is 3.75. The van der Waals surface area contributed by atoms with Crippen molar-refractivity contribution in [3.05, 3.63) is 59.6 Å². The minimum atomic E-state index is -0.545. The smallest absolute Gasteiger partial charge is 0.261 e. The Morgan fingerprint density at radius 3 is 2.68 bits per heavy atom. The van der Waals surface area contributed by atoms with Gasteiger partial charge in [-0.1, -0.05) is 30.3 Å². The predicted molar refractivity (Wildman–Crippen MR) is 88.0 cm³/mol. The molecule has 112 valence electrons. The molecule has 1 aromatic heterocycles. The number of rotatable bonds is 5. The standard InChI is InChI=1S/C17H16N2O2S/c1-12(21-13-7-3-2-4-8-13)17(20)18-11-16-19-14-9-5-6-10-15(14)22-16/h2-10,12H,11H2,1H3,(H,18,20). The molecule has 1 amide bonds. The lowest BCUT2D eigenvalue weighted by molar-refractivity contribution is -0.127. The molecule has 0 spiro atoms. The van der Waals surface area contributed by atoms with E-state index in [2.05, 4.69) is 10.3 Å². The average molecular weight is 312 g/mol. The summed E-state index contributed by atoms with van der Waals surface area (Å²) in [6, 6.07) is 17.3. The van der Waals surface area contributed by atoms with Gasteiger partial charge in [0.15, 0.2) is 6.10 Å². The van der Waals surface area contributed by atoms with Gasteiger partial charge >= 0.3 is 0 Å². The van der Waals surface area contributed by atoms with Crippen molar-refractivity contribution in [2.24, 2.45) is 0 Å². The molecule has 0 radical (unpaired) electrons. The van der Waals surface area contributed by atoms with Crippen molar-refractivity contribution < 1.29 is 9.53 Å². The van der Waals surface area contributed by atoms with E-state index in [4.69, 9.17) is 4.74 Å². The molecule has 22 heavy (non-hydrogen) atoms. The molecule has 1 N–H and O–H groups in total. The zero-order valence-corrected chi connectivity index (χ0v) is 13.0. The zero-order valence-electron chi connectivity index (χ0n) is 12.2. The van der Waals surface area contributed by atoms with E-state index in [0.717, 1.165) is 15.2 Å². The van der Waals surface area contributed by atoms with Gasteiger partial charge in [-0.25, -0.2) is 4.98 Å². The second-order valence-corrected chi connectivity index (χ2v) is 5.98. The summed E-state index contributed by atoms with van der Waals surface area (Å²) in [5.41, 5.74) is 0.963. The normalized spacial score (nSPS) is 12.0. The summed E-state index contributed by atoms with van der Waals surface area (Å²) in [7, 11) is 0. The van der Waals surface area contributed by atoms with Crippen LogP contribution in [0.3, 0.4) is 0 Å². The van der Waals surface area contributed by atoms with Crippen LogP contribution in [0.15, 0.2) is 54.6 Å². The third kappa shape index (κ3) is 3.43. The van der Waals surface area contributed by atoms with E-state index in [-0.39, 0.29) is 5.91 Å². The Morgan fingerprint density at radius 2 is 1.91 bits per heavy atom. The van der Waals surface area contributed by atoms with E-state index >= 15 is 0 Å². The SMILES string of the molecule is CC(Oc1ccccc1)C(=O)NCc1nc2ccccc2s1. The van der Waals surface area contributed by atoms with E-state index in [1.165, 1.54) is 0 Å². The van der Waals surface area contributed by atoms with E-state index in [1.807, 2.05) is 54.6 Å². The lowest BCUT2D eigenvalue weighted by Crippen LogP contribution is -2.35. The Morgan fingerprint density at radius 1 is 1.18 bits per heavy atom. The first-order chi connectivity index (χ1) is 10.7. The van der Waals surface area contributed by atoms with Crippen LogP contribution in [0.25, 0.3) is 10.2 Å². The van der Waals surface area contributed by atoms with Crippen molar-refractivity contribution in [2.75, 3.05) is 0 Å². The van der Waals surface area contributed by atoms with Crippen LogP contribution in [0.2, 0.25) is 0 Å². The maximum Gasteiger partial charge on any atom is 0.261 e. The molecule has 4 nitrogen and oxygen atoms in total. The summed E-state index contributed by atoms with van der Waals surface area (Å²) in [6.45, 7) is 2.15. The summed E-state index contributed by atoms with van der Waals surface area (Å²) >= 11 is 1.59. The molecule has 3 aromatic rings. The minimum absolute atomic E-state index is 0.150. The summed E-state index contributed by atoms with van der Waals surface area (Å²) < 4.78 is 6.72. The molecule has 5 heteroatoms. The monoisotopic (exact) mass is 312 g/mol. The second kappa shape index (κ2) is 6.58. The van der Waals surface area contributed by atoms with Crippen molar-refractivity contribution >= 4 is 27.5 Å². The van der Waals surface area contributed by atoms with Gasteiger partial charge in [-0.3, -0.25) is 4.79 Å². The molecule has 0 saturated carbocycles. The number of amides is 1. The van der Waals surface area contributed by atoms with Crippen LogP contribution in [-0.4, -0.2) is 17.0 Å². The Balaban J connectivity index is 1.57. The van der Waals surface area contributed by atoms with E-state index in [1.54, 1.807) is 18.3 Å². The number of nitrogens with zero attached hydrogens (tertiary/aromatic N) is 1. The molecule has 0 aliphatic heterocycles. The van der Waals surface area contributed by atoms with E-state index in [9.17, 15) is 4.79 Å². The third-order valence-electron chi connectivity index (χ3n) is 3.18. The van der Waals surface area contributed by atoms with Crippen molar-refractivity contribution in [2.45, 2.75) is 19.6 Å². The Bertz CT molecular complexity index is 737. The largest absolute Gasteiger partial charge is 0.481 e. The first-order valence-electron chi connectivity index (χ1n) is 7.06. The van der Waals surface area contributed by atoms with Crippen LogP contribution in [0.4, 0.5) is 0 Å². The molecule has 1 atom stereocenters. The maximum atomic E-state index is 12.1. The van der Waals surface area contributed by atoms with Gasteiger partial charge in [0.1, 0.15) is 10.8 Å². The summed E-state index contributed by atoms with van der Waals surface area (Å²) in [4.78, 5) is 16.6. The van der Waals surface area contributed by atoms with Crippen LogP contribution in [-0.2, 0) is 11.3 Å². The number of thiazole rings is 1. The van der Waals surface area contributed by atoms with Crippen LogP contribution < -0.4 is 10.1 Å². The number of nitrogens with one attached hydrogen (secondary N) is 1. The van der Waals surface area contributed by atoms with Gasteiger partial charge in [0, 0.05) is 0 Å². The van der Waals surface area contributed by atoms with E-state index in [0.29, 0.717) is 12.3 Å². The van der Waals surface area contributed by atoms with Gasteiger partial charge in [0.05, 0.1) is 16.8 Å². The highest BCUT2D eigenvalue weighted by molar-refractivity contribution is 7.18. The summed E-state index contributed by atoms with van der Waals surface area (Å²) in [6.07, 6.45) is -0.545. The fourth-order valence-electron chi connectivity index (χ4n) is 2.06. The molecule has 0 saturated heterocycles. The zero-order chi connectivity index (χ0) is 15.4. The number of aromatic nitrogens is 1. The van der Waals surface area contributed by atoms with Crippen LogP contribution in [0.1, 0.15) is 11.9 Å². The molecule has 1 unspecified atom stereocenters. The molecule has 0 fully saturated rings. The Labute approximate surface area is 132 Å². The molecule has 0 bridgehead atoms. The molecular formula is C17H16N2O2S. The fraction of sp³-hybridized carbons (Fsp3) is 0.176. The Hall–Kier alpha value is -2.40.